The van der Waals surface area contributed by atoms with Gasteiger partial charge in [0.05, 0.1) is 17.6 Å². The number of alkyl halides is 3. The van der Waals surface area contributed by atoms with E-state index in [-0.39, 0.29) is 10.4 Å². The van der Waals surface area contributed by atoms with Gasteiger partial charge in [-0.25, -0.2) is 4.98 Å². The Kier molecular flexibility index (Phi) is 4.36. The van der Waals surface area contributed by atoms with Crippen LogP contribution in [0.2, 0.25) is 0 Å². The molecule has 0 aromatic carbocycles. The molecule has 0 radical (unpaired) electrons. The highest BCUT2D eigenvalue weighted by Crippen LogP contribution is 2.40. The van der Waals surface area contributed by atoms with Crippen LogP contribution in [0.4, 0.5) is 24.5 Å². The largest absolute Gasteiger partial charge is 0.433 e. The molecule has 0 atom stereocenters. The van der Waals surface area contributed by atoms with Crippen molar-refractivity contribution in [3.8, 4) is 0 Å². The number of hydrogen-bond donors (Lipinski definition) is 2. The molecular formula is C13H18F3N3S. The number of rotatable bonds is 4. The molecule has 3 N–H and O–H groups in total. The second kappa shape index (κ2) is 5.71. The molecule has 0 amide bonds. The highest BCUT2D eigenvalue weighted by atomic mass is 32.2. The zero-order chi connectivity index (χ0) is 14.8. The van der Waals surface area contributed by atoms with E-state index in [1.807, 2.05) is 6.26 Å². The monoisotopic (exact) mass is 305 g/mol. The quantitative estimate of drug-likeness (QED) is 0.889. The van der Waals surface area contributed by atoms with Gasteiger partial charge >= 0.3 is 6.18 Å². The van der Waals surface area contributed by atoms with E-state index in [2.05, 4.69) is 10.3 Å². The lowest BCUT2D eigenvalue weighted by molar-refractivity contribution is -0.141. The lowest BCUT2D eigenvalue weighted by atomic mass is 10.1. The number of nitrogens with two attached hydrogens (primary N) is 1. The molecule has 1 aromatic heterocycles. The van der Waals surface area contributed by atoms with Gasteiger partial charge in [-0.2, -0.15) is 24.9 Å². The van der Waals surface area contributed by atoms with Crippen molar-refractivity contribution in [2.24, 2.45) is 0 Å². The number of pyridine rings is 1. The first kappa shape index (κ1) is 15.3. The molecule has 2 rings (SSSR count). The Labute approximate surface area is 120 Å². The van der Waals surface area contributed by atoms with Gasteiger partial charge in [0.2, 0.25) is 0 Å². The molecule has 1 fully saturated rings. The molecule has 0 unspecified atom stereocenters. The smallest absolute Gasteiger partial charge is 0.396 e. The maximum Gasteiger partial charge on any atom is 0.433 e. The predicted molar refractivity (Wildman–Crippen MR) is 76.9 cm³/mol. The van der Waals surface area contributed by atoms with Crippen LogP contribution >= 0.6 is 11.8 Å². The molecule has 1 aliphatic carbocycles. The van der Waals surface area contributed by atoms with Crippen LogP contribution in [0.15, 0.2) is 12.3 Å². The highest BCUT2D eigenvalue weighted by Gasteiger charge is 2.34. The van der Waals surface area contributed by atoms with Crippen molar-refractivity contribution < 1.29 is 13.2 Å². The molecule has 3 nitrogen and oxygen atoms in total. The number of thioether (sulfide) groups is 1. The van der Waals surface area contributed by atoms with Crippen molar-refractivity contribution in [1.82, 2.24) is 4.98 Å². The summed E-state index contributed by atoms with van der Waals surface area (Å²) < 4.78 is 38.0. The summed E-state index contributed by atoms with van der Waals surface area (Å²) in [7, 11) is 0. The third-order valence-electron chi connectivity index (χ3n) is 3.77. The van der Waals surface area contributed by atoms with Crippen LogP contribution in [0.1, 0.15) is 31.4 Å². The fourth-order valence-electron chi connectivity index (χ4n) is 2.50. The van der Waals surface area contributed by atoms with Crippen molar-refractivity contribution in [1.29, 1.82) is 0 Å². The Morgan fingerprint density at radius 2 is 2.05 bits per heavy atom. The number of nitrogens with zero attached hydrogens (tertiary/aromatic N) is 1. The number of aromatic nitrogens is 1. The molecule has 0 bridgehead atoms. The van der Waals surface area contributed by atoms with Gasteiger partial charge < -0.3 is 11.1 Å². The van der Waals surface area contributed by atoms with Crippen LogP contribution in [-0.2, 0) is 6.18 Å². The van der Waals surface area contributed by atoms with E-state index in [4.69, 9.17) is 5.73 Å². The average Bonchev–Trinajstić information content (AvgIpc) is 2.86. The third-order valence-corrected chi connectivity index (χ3v) is 5.19. The van der Waals surface area contributed by atoms with Gasteiger partial charge in [-0.3, -0.25) is 0 Å². The molecule has 7 heteroatoms. The summed E-state index contributed by atoms with van der Waals surface area (Å²) in [6.07, 6.45) is 3.16. The summed E-state index contributed by atoms with van der Waals surface area (Å²) in [6.45, 7) is 0.625. The number of hydrogen-bond acceptors (Lipinski definition) is 4. The molecule has 0 spiro atoms. The van der Waals surface area contributed by atoms with Gasteiger partial charge in [0, 0.05) is 11.3 Å². The number of halogens is 3. The number of nitrogens with one attached hydrogen (secondary N) is 1. The first-order chi connectivity index (χ1) is 9.36. The van der Waals surface area contributed by atoms with Crippen molar-refractivity contribution in [3.63, 3.8) is 0 Å². The minimum Gasteiger partial charge on any atom is -0.396 e. The minimum atomic E-state index is -4.45. The van der Waals surface area contributed by atoms with Crippen LogP contribution in [0.25, 0.3) is 0 Å². The van der Waals surface area contributed by atoms with Crippen LogP contribution in [0, 0.1) is 0 Å². The zero-order valence-corrected chi connectivity index (χ0v) is 12.1. The van der Waals surface area contributed by atoms with E-state index < -0.39 is 11.9 Å². The number of anilines is 2. The van der Waals surface area contributed by atoms with Crippen LogP contribution in [-0.4, -0.2) is 22.5 Å². The fraction of sp³-hybridized carbons (Fsp3) is 0.615. The van der Waals surface area contributed by atoms with Gasteiger partial charge in [-0.1, -0.05) is 12.8 Å². The highest BCUT2D eigenvalue weighted by molar-refractivity contribution is 8.00. The van der Waals surface area contributed by atoms with Crippen molar-refractivity contribution >= 4 is 23.1 Å². The van der Waals surface area contributed by atoms with Gasteiger partial charge in [0.25, 0.3) is 0 Å². The SMILES string of the molecule is CSC1(CNc2cc(C(F)(F)F)ncc2N)CCCC1. The zero-order valence-electron chi connectivity index (χ0n) is 11.3. The molecule has 112 valence electrons. The second-order valence-electron chi connectivity index (χ2n) is 5.10. The molecule has 1 heterocycles. The lowest BCUT2D eigenvalue weighted by Gasteiger charge is -2.28. The summed E-state index contributed by atoms with van der Waals surface area (Å²) in [5, 5.41) is 3.07. The topological polar surface area (TPSA) is 50.9 Å². The minimum absolute atomic E-state index is 0.105. The molecule has 1 saturated carbocycles. The second-order valence-corrected chi connectivity index (χ2v) is 6.38. The van der Waals surface area contributed by atoms with Crippen molar-refractivity contribution in [2.45, 2.75) is 36.6 Å². The van der Waals surface area contributed by atoms with Crippen molar-refractivity contribution in [3.05, 3.63) is 18.0 Å². The van der Waals surface area contributed by atoms with E-state index in [9.17, 15) is 13.2 Å². The Bertz CT molecular complexity index is 470. The van der Waals surface area contributed by atoms with Gasteiger partial charge in [0.1, 0.15) is 5.69 Å². The van der Waals surface area contributed by atoms with E-state index in [1.165, 1.54) is 12.8 Å². The standard InChI is InChI=1S/C13H18F3N3S/c1-20-12(4-2-3-5-12)8-19-10-6-11(13(14,15)16)18-7-9(10)17/h6-7H,2-5,8,17H2,1H3,(H,18,19). The first-order valence-electron chi connectivity index (χ1n) is 6.48. The van der Waals surface area contributed by atoms with E-state index in [1.54, 1.807) is 11.8 Å². The van der Waals surface area contributed by atoms with Gasteiger partial charge in [-0.05, 0) is 25.2 Å². The summed E-state index contributed by atoms with van der Waals surface area (Å²) >= 11 is 1.77. The molecular weight excluding hydrogens is 287 g/mol. The summed E-state index contributed by atoms with van der Waals surface area (Å²) in [6, 6.07) is 0.984. The average molecular weight is 305 g/mol. The molecule has 0 aliphatic heterocycles. The molecule has 0 saturated heterocycles. The molecule has 1 aromatic rings. The van der Waals surface area contributed by atoms with E-state index in [0.29, 0.717) is 12.2 Å². The normalized spacial score (nSPS) is 18.2. The summed E-state index contributed by atoms with van der Waals surface area (Å²) in [5.41, 5.74) is 5.34. The Morgan fingerprint density at radius 3 is 2.60 bits per heavy atom. The third kappa shape index (κ3) is 3.31. The maximum absolute atomic E-state index is 12.6. The molecule has 20 heavy (non-hydrogen) atoms. The van der Waals surface area contributed by atoms with Crippen LogP contribution < -0.4 is 11.1 Å². The number of nitrogen functional groups attached to an aromatic ring is 1. The Balaban J connectivity index is 2.12. The molecule has 1 aliphatic rings. The predicted octanol–water partition coefficient (Wildman–Crippen LogP) is 3.77. The van der Waals surface area contributed by atoms with Crippen molar-refractivity contribution in [2.75, 3.05) is 23.9 Å². The van der Waals surface area contributed by atoms with Crippen LogP contribution in [0.5, 0.6) is 0 Å². The fourth-order valence-corrected chi connectivity index (χ4v) is 3.42. The first-order valence-corrected chi connectivity index (χ1v) is 7.70. The van der Waals surface area contributed by atoms with E-state index in [0.717, 1.165) is 25.1 Å². The maximum atomic E-state index is 12.6. The van der Waals surface area contributed by atoms with Gasteiger partial charge in [-0.15, -0.1) is 0 Å². The Hall–Kier alpha value is -1.11. The lowest BCUT2D eigenvalue weighted by Crippen LogP contribution is -2.30. The summed E-state index contributed by atoms with van der Waals surface area (Å²) in [5.74, 6) is 0. The van der Waals surface area contributed by atoms with Crippen LogP contribution in [0.3, 0.4) is 0 Å². The van der Waals surface area contributed by atoms with Gasteiger partial charge in [0.15, 0.2) is 0 Å². The van der Waals surface area contributed by atoms with E-state index >= 15 is 0 Å². The summed E-state index contributed by atoms with van der Waals surface area (Å²) in [4.78, 5) is 3.33. The Morgan fingerprint density at radius 1 is 1.40 bits per heavy atom.